The van der Waals surface area contributed by atoms with Crippen LogP contribution in [0.5, 0.6) is 5.75 Å². The molecule has 4 aromatic rings. The second-order valence-electron chi connectivity index (χ2n) is 8.52. The molecule has 0 fully saturated rings. The van der Waals surface area contributed by atoms with E-state index in [-0.39, 0.29) is 5.97 Å². The van der Waals surface area contributed by atoms with Gasteiger partial charge in [0, 0.05) is 41.6 Å². The molecule has 0 unspecified atom stereocenters. The number of allylic oxidation sites excluding steroid dienone is 2. The lowest BCUT2D eigenvalue weighted by molar-refractivity contribution is -0.646. The summed E-state index contributed by atoms with van der Waals surface area (Å²) in [5.41, 5.74) is 5.91. The van der Waals surface area contributed by atoms with Crippen LogP contribution in [0.15, 0.2) is 94.9 Å². The van der Waals surface area contributed by atoms with Gasteiger partial charge in [-0.25, -0.2) is 4.79 Å². The van der Waals surface area contributed by atoms with E-state index in [2.05, 4.69) is 84.2 Å². The maximum Gasteiger partial charge on any atom is 0.337 e. The summed E-state index contributed by atoms with van der Waals surface area (Å²) >= 11 is 1.73. The molecule has 0 aliphatic carbocycles. The lowest BCUT2D eigenvalue weighted by Gasteiger charge is -2.15. The fourth-order valence-corrected chi connectivity index (χ4v) is 5.40. The average molecular weight is 496 g/mol. The number of hydrogen-bond acceptors (Lipinski definition) is 5. The van der Waals surface area contributed by atoms with Crippen LogP contribution in [0.3, 0.4) is 0 Å². The van der Waals surface area contributed by atoms with E-state index in [1.165, 1.54) is 17.4 Å². The number of pyridine rings is 1. The maximum absolute atomic E-state index is 12.0. The normalized spacial score (nSPS) is 14.3. The number of benzene rings is 3. The predicted molar refractivity (Wildman–Crippen MR) is 146 cm³/mol. The monoisotopic (exact) mass is 495 g/mol. The Morgan fingerprint density at radius 2 is 1.69 bits per heavy atom. The Hall–Kier alpha value is -4.03. The van der Waals surface area contributed by atoms with Crippen LogP contribution in [0.1, 0.15) is 21.6 Å². The Balaban J connectivity index is 1.61. The van der Waals surface area contributed by atoms with E-state index in [1.807, 2.05) is 18.2 Å². The molecule has 1 aliphatic rings. The number of nitrogens with zero attached hydrogens (tertiary/aromatic N) is 2. The molecule has 1 aromatic heterocycles. The Kier molecular flexibility index (Phi) is 6.53. The van der Waals surface area contributed by atoms with Gasteiger partial charge in [-0.3, -0.25) is 0 Å². The fraction of sp³-hybridized carbons (Fsp3) is 0.133. The molecule has 0 saturated heterocycles. The second kappa shape index (κ2) is 9.91. The summed E-state index contributed by atoms with van der Waals surface area (Å²) in [5, 5.41) is 2.29. The number of para-hydroxylation sites is 1. The number of aromatic nitrogens is 1. The summed E-state index contributed by atoms with van der Waals surface area (Å²) in [6.07, 6.45) is 4.38. The van der Waals surface area contributed by atoms with Crippen molar-refractivity contribution in [2.24, 2.45) is 7.05 Å². The van der Waals surface area contributed by atoms with Gasteiger partial charge < -0.3 is 14.4 Å². The van der Waals surface area contributed by atoms with Gasteiger partial charge in [0.2, 0.25) is 11.2 Å². The highest BCUT2D eigenvalue weighted by Gasteiger charge is 2.23. The number of carbonyl (C=O) groups is 1. The number of ether oxygens (including phenoxy) is 2. The number of rotatable bonds is 5. The van der Waals surface area contributed by atoms with Crippen molar-refractivity contribution in [2.45, 2.75) is 4.90 Å². The predicted octanol–water partition coefficient (Wildman–Crippen LogP) is 6.08. The first kappa shape index (κ1) is 23.7. The zero-order valence-corrected chi connectivity index (χ0v) is 21.5. The molecule has 3 aromatic carbocycles. The zero-order chi connectivity index (χ0) is 25.2. The highest BCUT2D eigenvalue weighted by Crippen LogP contribution is 2.47. The molecule has 0 N–H and O–H groups in total. The Labute approximate surface area is 215 Å². The van der Waals surface area contributed by atoms with Crippen LogP contribution in [-0.2, 0) is 11.8 Å². The Morgan fingerprint density at radius 1 is 0.944 bits per heavy atom. The standard InChI is InChI=1S/C30H27N2O3S/c1-31-24(14-13-21-7-5-6-8-26(21)31)17-23(20-9-11-22(12-10-20)30(33)35-4)18-29-32(2)27-19-25(34-3)15-16-28(27)36-29/h5-19H,1-4H3/q+1. The molecule has 0 amide bonds. The van der Waals surface area contributed by atoms with E-state index in [4.69, 9.17) is 9.47 Å². The smallest absolute Gasteiger partial charge is 0.337 e. The van der Waals surface area contributed by atoms with Gasteiger partial charge in [0.05, 0.1) is 30.5 Å². The van der Waals surface area contributed by atoms with Crippen molar-refractivity contribution in [3.05, 3.63) is 107 Å². The molecular formula is C30H27N2O3S+. The largest absolute Gasteiger partial charge is 0.497 e. The van der Waals surface area contributed by atoms with Gasteiger partial charge in [-0.15, -0.1) is 0 Å². The summed E-state index contributed by atoms with van der Waals surface area (Å²) in [6.45, 7) is 0. The lowest BCUT2D eigenvalue weighted by atomic mass is 10.0. The maximum atomic E-state index is 12.0. The van der Waals surface area contributed by atoms with Gasteiger partial charge >= 0.3 is 5.97 Å². The van der Waals surface area contributed by atoms with Crippen molar-refractivity contribution in [2.75, 3.05) is 26.2 Å². The fourth-order valence-electron chi connectivity index (χ4n) is 4.32. The minimum absolute atomic E-state index is 0.346. The Bertz CT molecular complexity index is 1520. The molecule has 2 heterocycles. The van der Waals surface area contributed by atoms with Gasteiger partial charge in [-0.2, -0.15) is 4.57 Å². The molecule has 6 heteroatoms. The van der Waals surface area contributed by atoms with E-state index in [1.54, 1.807) is 31.0 Å². The van der Waals surface area contributed by atoms with Crippen LogP contribution in [0, 0.1) is 0 Å². The van der Waals surface area contributed by atoms with Crippen molar-refractivity contribution >= 4 is 46.0 Å². The van der Waals surface area contributed by atoms with Gasteiger partial charge in [0.15, 0.2) is 0 Å². The molecule has 5 rings (SSSR count). The summed E-state index contributed by atoms with van der Waals surface area (Å²) in [6, 6.07) is 26.3. The molecular weight excluding hydrogens is 468 g/mol. The summed E-state index contributed by atoms with van der Waals surface area (Å²) in [5.74, 6) is 0.488. The molecule has 1 aliphatic heterocycles. The number of esters is 1. The summed E-state index contributed by atoms with van der Waals surface area (Å²) in [4.78, 5) is 15.3. The minimum Gasteiger partial charge on any atom is -0.497 e. The first-order valence-electron chi connectivity index (χ1n) is 11.6. The van der Waals surface area contributed by atoms with Crippen molar-refractivity contribution in [1.29, 1.82) is 0 Å². The van der Waals surface area contributed by atoms with E-state index >= 15 is 0 Å². The number of carbonyl (C=O) groups excluding carboxylic acids is 1. The first-order chi connectivity index (χ1) is 17.5. The van der Waals surface area contributed by atoms with Crippen LogP contribution in [0.2, 0.25) is 0 Å². The zero-order valence-electron chi connectivity index (χ0n) is 20.7. The molecule has 0 bridgehead atoms. The van der Waals surface area contributed by atoms with E-state index < -0.39 is 0 Å². The third-order valence-corrected chi connectivity index (χ3v) is 7.58. The third-order valence-electron chi connectivity index (χ3n) is 6.41. The molecule has 180 valence electrons. The third kappa shape index (κ3) is 4.48. The van der Waals surface area contributed by atoms with Crippen LogP contribution < -0.4 is 14.2 Å². The molecule has 0 radical (unpaired) electrons. The topological polar surface area (TPSA) is 42.6 Å². The molecule has 0 spiro atoms. The van der Waals surface area contributed by atoms with Crippen LogP contribution in [0.25, 0.3) is 22.6 Å². The van der Waals surface area contributed by atoms with Crippen molar-refractivity contribution in [1.82, 2.24) is 0 Å². The van der Waals surface area contributed by atoms with Gasteiger partial charge in [-0.05, 0) is 53.6 Å². The van der Waals surface area contributed by atoms with Gasteiger partial charge in [0.1, 0.15) is 12.8 Å². The number of hydrogen-bond donors (Lipinski definition) is 0. The van der Waals surface area contributed by atoms with Crippen LogP contribution >= 0.6 is 11.8 Å². The number of anilines is 1. The summed E-state index contributed by atoms with van der Waals surface area (Å²) < 4.78 is 12.5. The SMILES string of the molecule is COC(=O)c1ccc(C(=C\c2ccc3ccccc3[n+]2C)/C=C2/Sc3ccc(OC)cc3N2C)cc1. The van der Waals surface area contributed by atoms with Crippen molar-refractivity contribution in [3.63, 3.8) is 0 Å². The molecule has 0 atom stereocenters. The lowest BCUT2D eigenvalue weighted by Crippen LogP contribution is -2.32. The number of thioether (sulfide) groups is 1. The number of fused-ring (bicyclic) bond motifs is 2. The highest BCUT2D eigenvalue weighted by atomic mass is 32.2. The van der Waals surface area contributed by atoms with E-state index in [0.717, 1.165) is 38.8 Å². The van der Waals surface area contributed by atoms with Crippen LogP contribution in [-0.4, -0.2) is 27.2 Å². The molecule has 5 nitrogen and oxygen atoms in total. The first-order valence-corrected chi connectivity index (χ1v) is 12.4. The summed E-state index contributed by atoms with van der Waals surface area (Å²) in [7, 11) is 7.23. The molecule has 36 heavy (non-hydrogen) atoms. The Morgan fingerprint density at radius 3 is 2.44 bits per heavy atom. The number of aryl methyl sites for hydroxylation is 1. The average Bonchev–Trinajstić information content (AvgIpc) is 3.23. The minimum atomic E-state index is -0.346. The van der Waals surface area contributed by atoms with E-state index in [0.29, 0.717) is 5.56 Å². The second-order valence-corrected chi connectivity index (χ2v) is 9.58. The van der Waals surface area contributed by atoms with E-state index in [9.17, 15) is 4.79 Å². The number of methoxy groups -OCH3 is 2. The highest BCUT2D eigenvalue weighted by molar-refractivity contribution is 8.03. The van der Waals surface area contributed by atoms with Crippen molar-refractivity contribution < 1.29 is 18.8 Å². The van der Waals surface area contributed by atoms with Gasteiger partial charge in [0.25, 0.3) is 0 Å². The molecule has 0 saturated carbocycles. The quantitative estimate of drug-likeness (QED) is 0.248. The van der Waals surface area contributed by atoms with Crippen LogP contribution in [0.4, 0.5) is 5.69 Å². The van der Waals surface area contributed by atoms with Gasteiger partial charge in [-0.1, -0.05) is 36.0 Å². The van der Waals surface area contributed by atoms with Crippen molar-refractivity contribution in [3.8, 4) is 5.75 Å².